The van der Waals surface area contributed by atoms with E-state index in [0.29, 0.717) is 5.76 Å². The van der Waals surface area contributed by atoms with Crippen molar-refractivity contribution in [2.45, 2.75) is 15.8 Å². The lowest BCUT2D eigenvalue weighted by Gasteiger charge is -2.08. The summed E-state index contributed by atoms with van der Waals surface area (Å²) in [5, 5.41) is 4.74. The van der Waals surface area contributed by atoms with E-state index in [2.05, 4.69) is 10.6 Å². The SMILES string of the molecule is O=C1NC(=O)C(c2occc2Sc2ccc(Oc3ccccc3)cc2)N1. The van der Waals surface area contributed by atoms with Crippen LogP contribution in [0.4, 0.5) is 4.79 Å². The fraction of sp³-hybridized carbons (Fsp3) is 0.0526. The number of carbonyl (C=O) groups excluding carboxylic acids is 2. The molecular weight excluding hydrogens is 352 g/mol. The number of amides is 3. The Kier molecular flexibility index (Phi) is 4.37. The fourth-order valence-corrected chi connectivity index (χ4v) is 3.45. The second-order valence-corrected chi connectivity index (χ2v) is 6.65. The average molecular weight is 366 g/mol. The third-order valence-electron chi connectivity index (χ3n) is 3.72. The van der Waals surface area contributed by atoms with Crippen molar-refractivity contribution >= 4 is 23.7 Å². The molecule has 0 saturated carbocycles. The number of hydrogen-bond acceptors (Lipinski definition) is 5. The van der Waals surface area contributed by atoms with Crippen LogP contribution in [0, 0.1) is 0 Å². The average Bonchev–Trinajstić information content (AvgIpc) is 3.23. The summed E-state index contributed by atoms with van der Waals surface area (Å²) in [5.74, 6) is 1.50. The minimum absolute atomic E-state index is 0.418. The summed E-state index contributed by atoms with van der Waals surface area (Å²) in [6.07, 6.45) is 1.50. The maximum atomic E-state index is 11.8. The van der Waals surface area contributed by atoms with Gasteiger partial charge < -0.3 is 14.5 Å². The van der Waals surface area contributed by atoms with Crippen molar-refractivity contribution < 1.29 is 18.7 Å². The number of ether oxygens (including phenoxy) is 1. The number of nitrogens with one attached hydrogen (secondary N) is 2. The molecule has 1 atom stereocenters. The molecule has 6 nitrogen and oxygen atoms in total. The highest BCUT2D eigenvalue weighted by atomic mass is 32.2. The van der Waals surface area contributed by atoms with Crippen LogP contribution >= 0.6 is 11.8 Å². The van der Waals surface area contributed by atoms with Gasteiger partial charge in [0.15, 0.2) is 6.04 Å². The molecule has 0 aliphatic carbocycles. The lowest BCUT2D eigenvalue weighted by atomic mass is 10.2. The van der Waals surface area contributed by atoms with Crippen molar-refractivity contribution in [1.29, 1.82) is 0 Å². The van der Waals surface area contributed by atoms with Crippen LogP contribution in [-0.2, 0) is 4.79 Å². The maximum Gasteiger partial charge on any atom is 0.322 e. The smallest absolute Gasteiger partial charge is 0.322 e. The third kappa shape index (κ3) is 3.43. The van der Waals surface area contributed by atoms with E-state index in [1.165, 1.54) is 18.0 Å². The first kappa shape index (κ1) is 16.3. The summed E-state index contributed by atoms with van der Waals surface area (Å²) in [7, 11) is 0. The highest BCUT2D eigenvalue weighted by Crippen LogP contribution is 2.36. The Labute approximate surface area is 153 Å². The summed E-state index contributed by atoms with van der Waals surface area (Å²) >= 11 is 1.45. The van der Waals surface area contributed by atoms with Gasteiger partial charge in [0.1, 0.15) is 17.3 Å². The number of para-hydroxylation sites is 1. The molecule has 2 N–H and O–H groups in total. The van der Waals surface area contributed by atoms with Gasteiger partial charge in [-0.15, -0.1) is 0 Å². The molecule has 1 unspecified atom stereocenters. The molecule has 4 rings (SSSR count). The topological polar surface area (TPSA) is 80.6 Å². The van der Waals surface area contributed by atoms with Gasteiger partial charge in [0.25, 0.3) is 5.91 Å². The van der Waals surface area contributed by atoms with Gasteiger partial charge in [-0.3, -0.25) is 10.1 Å². The molecule has 1 saturated heterocycles. The van der Waals surface area contributed by atoms with E-state index >= 15 is 0 Å². The first-order valence-corrected chi connectivity index (χ1v) is 8.70. The molecule has 0 bridgehead atoms. The normalized spacial score (nSPS) is 16.2. The van der Waals surface area contributed by atoms with Crippen molar-refractivity contribution in [2.24, 2.45) is 0 Å². The minimum atomic E-state index is -0.805. The van der Waals surface area contributed by atoms with Crippen LogP contribution < -0.4 is 15.4 Å². The van der Waals surface area contributed by atoms with Crippen molar-refractivity contribution in [3.63, 3.8) is 0 Å². The van der Waals surface area contributed by atoms with Gasteiger partial charge in [0, 0.05) is 4.90 Å². The number of rotatable bonds is 5. The highest BCUT2D eigenvalue weighted by Gasteiger charge is 2.35. The lowest BCUT2D eigenvalue weighted by molar-refractivity contribution is -0.120. The van der Waals surface area contributed by atoms with Gasteiger partial charge in [-0.25, -0.2) is 4.79 Å². The monoisotopic (exact) mass is 366 g/mol. The number of carbonyl (C=O) groups is 2. The Balaban J connectivity index is 1.48. The molecule has 7 heteroatoms. The van der Waals surface area contributed by atoms with Gasteiger partial charge >= 0.3 is 6.03 Å². The number of benzene rings is 2. The van der Waals surface area contributed by atoms with Crippen LogP contribution in [0.2, 0.25) is 0 Å². The predicted molar refractivity (Wildman–Crippen MR) is 95.2 cm³/mol. The molecule has 1 aromatic heterocycles. The van der Waals surface area contributed by atoms with Crippen molar-refractivity contribution in [1.82, 2.24) is 10.6 Å². The Morgan fingerprint density at radius 2 is 1.65 bits per heavy atom. The Morgan fingerprint density at radius 3 is 2.35 bits per heavy atom. The Bertz CT molecular complexity index is 938. The molecule has 1 fully saturated rings. The van der Waals surface area contributed by atoms with Crippen LogP contribution in [0.5, 0.6) is 11.5 Å². The van der Waals surface area contributed by atoms with E-state index in [4.69, 9.17) is 9.15 Å². The summed E-state index contributed by atoms with van der Waals surface area (Å²) in [6.45, 7) is 0. The van der Waals surface area contributed by atoms with Crippen LogP contribution in [0.25, 0.3) is 0 Å². The predicted octanol–water partition coefficient (Wildman–Crippen LogP) is 4.10. The third-order valence-corrected chi connectivity index (χ3v) is 4.79. The molecule has 26 heavy (non-hydrogen) atoms. The van der Waals surface area contributed by atoms with E-state index in [9.17, 15) is 9.59 Å². The molecule has 0 radical (unpaired) electrons. The zero-order chi connectivity index (χ0) is 17.9. The highest BCUT2D eigenvalue weighted by molar-refractivity contribution is 7.99. The zero-order valence-corrected chi connectivity index (χ0v) is 14.3. The standard InChI is InChI=1S/C19H14N2O4S/c22-18-16(20-19(23)21-18)17-15(10-11-24-17)26-14-8-6-13(7-9-14)25-12-4-2-1-3-5-12/h1-11,16H,(H2,20,21,22,23). The molecule has 3 aromatic rings. The summed E-state index contributed by atoms with van der Waals surface area (Å²) < 4.78 is 11.2. The number of hydrogen-bond donors (Lipinski definition) is 2. The molecule has 130 valence electrons. The second-order valence-electron chi connectivity index (χ2n) is 5.53. The lowest BCUT2D eigenvalue weighted by Crippen LogP contribution is -2.22. The van der Waals surface area contributed by atoms with E-state index < -0.39 is 18.0 Å². The van der Waals surface area contributed by atoms with Crippen molar-refractivity contribution in [3.05, 3.63) is 72.7 Å². The fourth-order valence-electron chi connectivity index (χ4n) is 2.53. The van der Waals surface area contributed by atoms with E-state index in [0.717, 1.165) is 21.3 Å². The maximum absolute atomic E-state index is 11.8. The first-order valence-electron chi connectivity index (χ1n) is 7.88. The Morgan fingerprint density at radius 1 is 0.923 bits per heavy atom. The van der Waals surface area contributed by atoms with Crippen LogP contribution in [0.3, 0.4) is 0 Å². The van der Waals surface area contributed by atoms with Crippen molar-refractivity contribution in [3.8, 4) is 11.5 Å². The summed E-state index contributed by atoms with van der Waals surface area (Å²) in [4.78, 5) is 24.9. The van der Waals surface area contributed by atoms with E-state index in [1.807, 2.05) is 54.6 Å². The quantitative estimate of drug-likeness (QED) is 0.665. The van der Waals surface area contributed by atoms with Gasteiger partial charge in [-0.05, 0) is 42.5 Å². The van der Waals surface area contributed by atoms with Crippen LogP contribution in [0.1, 0.15) is 11.8 Å². The molecule has 2 heterocycles. The zero-order valence-electron chi connectivity index (χ0n) is 13.5. The number of furan rings is 1. The first-order chi connectivity index (χ1) is 12.7. The van der Waals surface area contributed by atoms with Crippen LogP contribution in [-0.4, -0.2) is 11.9 Å². The number of imide groups is 1. The second kappa shape index (κ2) is 6.97. The van der Waals surface area contributed by atoms with E-state index in [1.54, 1.807) is 6.07 Å². The Hall–Kier alpha value is -3.19. The molecular formula is C19H14N2O4S. The van der Waals surface area contributed by atoms with Crippen molar-refractivity contribution in [2.75, 3.05) is 0 Å². The molecule has 2 aromatic carbocycles. The summed E-state index contributed by atoms with van der Waals surface area (Å²) in [5.41, 5.74) is 0. The summed E-state index contributed by atoms with van der Waals surface area (Å²) in [6, 6.07) is 17.6. The van der Waals surface area contributed by atoms with E-state index in [-0.39, 0.29) is 0 Å². The minimum Gasteiger partial charge on any atom is -0.465 e. The van der Waals surface area contributed by atoms with Gasteiger partial charge in [-0.2, -0.15) is 0 Å². The molecule has 0 spiro atoms. The van der Waals surface area contributed by atoms with Crippen LogP contribution in [0.15, 0.2) is 81.1 Å². The van der Waals surface area contributed by atoms with Gasteiger partial charge in [0.2, 0.25) is 0 Å². The molecule has 3 amide bonds. The molecule has 1 aliphatic rings. The largest absolute Gasteiger partial charge is 0.465 e. The molecule has 1 aliphatic heterocycles. The van der Waals surface area contributed by atoms with Gasteiger partial charge in [-0.1, -0.05) is 30.0 Å². The van der Waals surface area contributed by atoms with Gasteiger partial charge in [0.05, 0.1) is 11.2 Å². The number of urea groups is 1.